The molecule has 1 aliphatic rings. The summed E-state index contributed by atoms with van der Waals surface area (Å²) in [4.78, 5) is 28.2. The smallest absolute Gasteiger partial charge is 0.441 e. The Morgan fingerprint density at radius 2 is 1.90 bits per heavy atom. The first-order valence-electron chi connectivity index (χ1n) is 6.87. The molecule has 6 heteroatoms. The molecule has 0 saturated carbocycles. The summed E-state index contributed by atoms with van der Waals surface area (Å²) in [6.45, 7) is 3.83. The van der Waals surface area contributed by atoms with E-state index in [9.17, 15) is 9.59 Å². The summed E-state index contributed by atoms with van der Waals surface area (Å²) in [7, 11) is 0. The van der Waals surface area contributed by atoms with E-state index in [1.807, 2.05) is 12.1 Å². The van der Waals surface area contributed by atoms with Crippen LogP contribution in [-0.4, -0.2) is 40.3 Å². The molecule has 1 aliphatic heterocycles. The van der Waals surface area contributed by atoms with Crippen molar-refractivity contribution in [1.29, 1.82) is 0 Å². The number of ketones is 1. The third kappa shape index (κ3) is 3.62. The molecule has 0 atom stereocenters. The predicted molar refractivity (Wildman–Crippen MR) is 75.4 cm³/mol. The number of fused-ring (bicyclic) bond motifs is 1. The van der Waals surface area contributed by atoms with Crippen molar-refractivity contribution >= 4 is 17.5 Å². The fourth-order valence-electron chi connectivity index (χ4n) is 2.35. The minimum absolute atomic E-state index is 0.117. The molecule has 2 rings (SSSR count). The zero-order valence-electron chi connectivity index (χ0n) is 11.9. The molecule has 0 N–H and O–H groups in total. The van der Waals surface area contributed by atoms with Gasteiger partial charge in [0.25, 0.3) is 5.78 Å². The van der Waals surface area contributed by atoms with E-state index in [0.717, 1.165) is 13.1 Å². The quantitative estimate of drug-likeness (QED) is 0.259. The minimum atomic E-state index is -0.880. The maximum absolute atomic E-state index is 11.9. The third-order valence-corrected chi connectivity index (χ3v) is 3.39. The molecule has 0 saturated heterocycles. The number of hydrogen-bond acceptors (Lipinski definition) is 4. The van der Waals surface area contributed by atoms with Gasteiger partial charge < -0.3 is 10.3 Å². The Morgan fingerprint density at radius 3 is 2.43 bits per heavy atom. The van der Waals surface area contributed by atoms with Gasteiger partial charge in [0.15, 0.2) is 0 Å². The first kappa shape index (κ1) is 15.1. The zero-order valence-corrected chi connectivity index (χ0v) is 11.9. The largest absolute Gasteiger partial charge is 0.457 e. The standard InChI is InChI=1S/C15H17N3O3/c1-2-21-15(20)14(17-16)13(19)7-8-18-9-11-5-3-4-6-12(11)10-18/h3-6H,2,7-10H2,1H3. The Balaban J connectivity index is 1.88. The highest BCUT2D eigenvalue weighted by Crippen LogP contribution is 2.21. The van der Waals surface area contributed by atoms with E-state index < -0.39 is 17.5 Å². The average Bonchev–Trinajstić information content (AvgIpc) is 2.89. The molecule has 0 fully saturated rings. The molecule has 0 aliphatic carbocycles. The van der Waals surface area contributed by atoms with Crippen LogP contribution in [0.5, 0.6) is 0 Å². The van der Waals surface area contributed by atoms with Crippen LogP contribution in [0.4, 0.5) is 0 Å². The maximum Gasteiger partial charge on any atom is 0.441 e. The van der Waals surface area contributed by atoms with Crippen LogP contribution in [0.25, 0.3) is 5.53 Å². The SMILES string of the molecule is CCOC(=O)C(=[N+]=[N-])C(=O)CCN1Cc2ccccc2C1. The number of nitrogens with zero attached hydrogens (tertiary/aromatic N) is 3. The van der Waals surface area contributed by atoms with Crippen LogP contribution in [-0.2, 0) is 27.4 Å². The summed E-state index contributed by atoms with van der Waals surface area (Å²) in [5.74, 6) is -1.39. The maximum atomic E-state index is 11.9. The van der Waals surface area contributed by atoms with Crippen LogP contribution < -0.4 is 0 Å². The van der Waals surface area contributed by atoms with Crippen molar-refractivity contribution < 1.29 is 19.1 Å². The summed E-state index contributed by atoms with van der Waals surface area (Å²) in [6.07, 6.45) is 0.117. The van der Waals surface area contributed by atoms with Crippen molar-refractivity contribution in [3.8, 4) is 0 Å². The molecule has 0 aromatic heterocycles. The Bertz CT molecular complexity index is 581. The summed E-state index contributed by atoms with van der Waals surface area (Å²) in [5, 5.41) is 0. The van der Waals surface area contributed by atoms with Gasteiger partial charge in [0, 0.05) is 26.1 Å². The van der Waals surface area contributed by atoms with Crippen molar-refractivity contribution in [2.75, 3.05) is 13.2 Å². The molecule has 1 aromatic rings. The second-order valence-electron chi connectivity index (χ2n) is 4.82. The Morgan fingerprint density at radius 1 is 1.29 bits per heavy atom. The zero-order chi connectivity index (χ0) is 15.2. The molecule has 0 bridgehead atoms. The van der Waals surface area contributed by atoms with Crippen molar-refractivity contribution in [3.05, 3.63) is 40.9 Å². The van der Waals surface area contributed by atoms with E-state index in [2.05, 4.69) is 26.6 Å². The fourth-order valence-corrected chi connectivity index (χ4v) is 2.35. The molecule has 1 heterocycles. The lowest BCUT2D eigenvalue weighted by Gasteiger charge is -2.12. The van der Waals surface area contributed by atoms with Crippen molar-refractivity contribution in [1.82, 2.24) is 4.90 Å². The molecule has 0 unspecified atom stereocenters. The van der Waals surface area contributed by atoms with Gasteiger partial charge in [0.1, 0.15) is 0 Å². The van der Waals surface area contributed by atoms with Crippen LogP contribution in [0.15, 0.2) is 24.3 Å². The van der Waals surface area contributed by atoms with Gasteiger partial charge >= 0.3 is 11.7 Å². The summed E-state index contributed by atoms with van der Waals surface area (Å²) >= 11 is 0. The topological polar surface area (TPSA) is 83.0 Å². The first-order chi connectivity index (χ1) is 10.2. The Labute approximate surface area is 122 Å². The lowest BCUT2D eigenvalue weighted by Crippen LogP contribution is -2.30. The summed E-state index contributed by atoms with van der Waals surface area (Å²) < 4.78 is 4.67. The number of esters is 1. The molecule has 0 amide bonds. The Hall–Kier alpha value is -2.30. The van der Waals surface area contributed by atoms with Crippen molar-refractivity contribution in [3.63, 3.8) is 0 Å². The molecular formula is C15H17N3O3. The van der Waals surface area contributed by atoms with E-state index in [1.165, 1.54) is 11.1 Å². The molecular weight excluding hydrogens is 270 g/mol. The molecule has 0 spiro atoms. The molecule has 21 heavy (non-hydrogen) atoms. The van der Waals surface area contributed by atoms with Crippen molar-refractivity contribution in [2.24, 2.45) is 0 Å². The molecule has 110 valence electrons. The van der Waals surface area contributed by atoms with Gasteiger partial charge in [-0.25, -0.2) is 4.79 Å². The monoisotopic (exact) mass is 287 g/mol. The van der Waals surface area contributed by atoms with E-state index >= 15 is 0 Å². The molecule has 1 aromatic carbocycles. The van der Waals surface area contributed by atoms with E-state index in [0.29, 0.717) is 6.54 Å². The highest BCUT2D eigenvalue weighted by molar-refractivity contribution is 6.62. The van der Waals surface area contributed by atoms with Gasteiger partial charge in [-0.1, -0.05) is 24.3 Å². The fraction of sp³-hybridized carbons (Fsp3) is 0.400. The molecule has 6 nitrogen and oxygen atoms in total. The van der Waals surface area contributed by atoms with Crippen LogP contribution in [0.3, 0.4) is 0 Å². The number of ether oxygens (including phenoxy) is 1. The summed E-state index contributed by atoms with van der Waals surface area (Å²) in [6, 6.07) is 8.11. The Kier molecular flexibility index (Phi) is 4.98. The van der Waals surface area contributed by atoms with Gasteiger partial charge in [-0.2, -0.15) is 4.79 Å². The highest BCUT2D eigenvalue weighted by atomic mass is 16.5. The van der Waals surface area contributed by atoms with E-state index in [4.69, 9.17) is 5.53 Å². The number of benzene rings is 1. The van der Waals surface area contributed by atoms with Gasteiger partial charge in [-0.3, -0.25) is 9.69 Å². The normalized spacial score (nSPS) is 13.4. The second kappa shape index (κ2) is 6.92. The van der Waals surface area contributed by atoms with Crippen LogP contribution in [0, 0.1) is 0 Å². The van der Waals surface area contributed by atoms with E-state index in [-0.39, 0.29) is 13.0 Å². The average molecular weight is 287 g/mol. The predicted octanol–water partition coefficient (Wildman–Crippen LogP) is 1.20. The van der Waals surface area contributed by atoms with E-state index in [1.54, 1.807) is 6.92 Å². The number of Topliss-reactive ketones (excluding diaryl/α,β-unsaturated/α-hetero) is 1. The van der Waals surface area contributed by atoms with Gasteiger partial charge in [0.2, 0.25) is 0 Å². The van der Waals surface area contributed by atoms with Crippen LogP contribution in [0.1, 0.15) is 24.5 Å². The lowest BCUT2D eigenvalue weighted by atomic mass is 10.1. The van der Waals surface area contributed by atoms with Crippen LogP contribution in [0.2, 0.25) is 0 Å². The van der Waals surface area contributed by atoms with Crippen molar-refractivity contribution in [2.45, 2.75) is 26.4 Å². The highest BCUT2D eigenvalue weighted by Gasteiger charge is 2.31. The van der Waals surface area contributed by atoms with Crippen LogP contribution >= 0.6 is 0 Å². The minimum Gasteiger partial charge on any atom is -0.457 e. The number of carbonyl (C=O) groups excluding carboxylic acids is 2. The lowest BCUT2D eigenvalue weighted by molar-refractivity contribution is -0.141. The number of rotatable bonds is 6. The first-order valence-corrected chi connectivity index (χ1v) is 6.87. The second-order valence-corrected chi connectivity index (χ2v) is 4.82. The third-order valence-electron chi connectivity index (χ3n) is 3.39. The number of hydrogen-bond donors (Lipinski definition) is 0. The number of carbonyl (C=O) groups is 2. The van der Waals surface area contributed by atoms with Gasteiger partial charge in [0.05, 0.1) is 6.61 Å². The van der Waals surface area contributed by atoms with Gasteiger partial charge in [-0.05, 0) is 18.1 Å². The molecule has 0 radical (unpaired) electrons. The van der Waals surface area contributed by atoms with Gasteiger partial charge in [-0.15, -0.1) is 0 Å². The summed E-state index contributed by atoms with van der Waals surface area (Å²) in [5.41, 5.74) is 10.8.